The van der Waals surface area contributed by atoms with Gasteiger partial charge < -0.3 is 9.47 Å². The van der Waals surface area contributed by atoms with Gasteiger partial charge in [-0.05, 0) is 36.4 Å². The van der Waals surface area contributed by atoms with E-state index in [-0.39, 0.29) is 12.4 Å². The van der Waals surface area contributed by atoms with E-state index in [1.807, 2.05) is 12.1 Å². The standard InChI is InChI=1S/C18H10N2O3/c19-9-12-4-6-13(7-5-12)17(21)15(10-20)8-14-2-1-3-16-18(14)23-11-22-16/h1-8H,11H2/b15-8+. The lowest BCUT2D eigenvalue weighted by molar-refractivity contribution is 0.104. The Morgan fingerprint density at radius 2 is 1.87 bits per heavy atom. The van der Waals surface area contributed by atoms with Crippen LogP contribution in [0.3, 0.4) is 0 Å². The first-order valence-electron chi connectivity index (χ1n) is 6.78. The summed E-state index contributed by atoms with van der Waals surface area (Å²) < 4.78 is 10.6. The number of benzene rings is 2. The van der Waals surface area contributed by atoms with Crippen molar-refractivity contribution in [3.05, 3.63) is 64.7 Å². The van der Waals surface area contributed by atoms with Crippen LogP contribution in [0.15, 0.2) is 48.0 Å². The summed E-state index contributed by atoms with van der Waals surface area (Å²) in [6.45, 7) is 0.117. The molecule has 0 unspecified atom stereocenters. The lowest BCUT2D eigenvalue weighted by Crippen LogP contribution is -2.02. The molecule has 1 heterocycles. The molecule has 0 saturated heterocycles. The summed E-state index contributed by atoms with van der Waals surface area (Å²) in [5.74, 6) is 0.697. The third-order valence-electron chi connectivity index (χ3n) is 3.37. The summed E-state index contributed by atoms with van der Waals surface area (Å²) in [5.41, 5.74) is 1.40. The fraction of sp³-hybridized carbons (Fsp3) is 0.0556. The van der Waals surface area contributed by atoms with Crippen molar-refractivity contribution in [2.24, 2.45) is 0 Å². The van der Waals surface area contributed by atoms with Gasteiger partial charge in [0.1, 0.15) is 11.6 Å². The van der Waals surface area contributed by atoms with E-state index in [2.05, 4.69) is 0 Å². The molecule has 0 saturated carbocycles. The predicted molar refractivity (Wildman–Crippen MR) is 81.6 cm³/mol. The molecular formula is C18H10N2O3. The van der Waals surface area contributed by atoms with E-state index in [0.717, 1.165) is 0 Å². The summed E-state index contributed by atoms with van der Waals surface area (Å²) >= 11 is 0. The van der Waals surface area contributed by atoms with Crippen molar-refractivity contribution in [2.75, 3.05) is 6.79 Å². The van der Waals surface area contributed by atoms with Gasteiger partial charge in [0.25, 0.3) is 0 Å². The van der Waals surface area contributed by atoms with E-state index in [9.17, 15) is 10.1 Å². The Kier molecular flexibility index (Phi) is 3.78. The van der Waals surface area contributed by atoms with Crippen LogP contribution in [0.2, 0.25) is 0 Å². The Bertz CT molecular complexity index is 884. The summed E-state index contributed by atoms with van der Waals surface area (Å²) in [6.07, 6.45) is 1.48. The first-order chi connectivity index (χ1) is 11.2. The van der Waals surface area contributed by atoms with E-state index >= 15 is 0 Å². The molecular weight excluding hydrogens is 292 g/mol. The number of nitriles is 2. The number of hydrogen-bond donors (Lipinski definition) is 0. The van der Waals surface area contributed by atoms with Gasteiger partial charge in [-0.15, -0.1) is 0 Å². The highest BCUT2D eigenvalue weighted by Crippen LogP contribution is 2.36. The van der Waals surface area contributed by atoms with Gasteiger partial charge in [0.2, 0.25) is 12.6 Å². The molecule has 2 aromatic rings. The molecule has 0 amide bonds. The number of fused-ring (bicyclic) bond motifs is 1. The van der Waals surface area contributed by atoms with E-state index in [0.29, 0.717) is 28.2 Å². The average molecular weight is 302 g/mol. The summed E-state index contributed by atoms with van der Waals surface area (Å²) in [7, 11) is 0. The topological polar surface area (TPSA) is 83.1 Å². The number of allylic oxidation sites excluding steroid dienone is 1. The molecule has 0 atom stereocenters. The van der Waals surface area contributed by atoms with Gasteiger partial charge in [-0.25, -0.2) is 0 Å². The van der Waals surface area contributed by atoms with Crippen LogP contribution in [0, 0.1) is 22.7 Å². The molecule has 0 N–H and O–H groups in total. The fourth-order valence-electron chi connectivity index (χ4n) is 2.22. The molecule has 1 aliphatic rings. The van der Waals surface area contributed by atoms with E-state index in [1.54, 1.807) is 30.3 Å². The highest BCUT2D eigenvalue weighted by Gasteiger charge is 2.18. The second-order valence-corrected chi connectivity index (χ2v) is 4.77. The lowest BCUT2D eigenvalue weighted by atomic mass is 10.0. The maximum atomic E-state index is 12.4. The Morgan fingerprint density at radius 3 is 2.57 bits per heavy atom. The smallest absolute Gasteiger partial charge is 0.231 e. The van der Waals surface area contributed by atoms with Crippen LogP contribution < -0.4 is 9.47 Å². The second kappa shape index (κ2) is 6.05. The summed E-state index contributed by atoms with van der Waals surface area (Å²) in [5, 5.41) is 18.1. The molecule has 23 heavy (non-hydrogen) atoms. The number of Topliss-reactive ketones (excluding diaryl/α,β-unsaturated/α-hetero) is 1. The van der Waals surface area contributed by atoms with Crippen molar-refractivity contribution >= 4 is 11.9 Å². The summed E-state index contributed by atoms with van der Waals surface area (Å²) in [6, 6.07) is 15.3. The Morgan fingerprint density at radius 1 is 1.09 bits per heavy atom. The molecule has 1 aliphatic heterocycles. The van der Waals surface area contributed by atoms with Crippen LogP contribution in [0.1, 0.15) is 21.5 Å². The third kappa shape index (κ3) is 2.76. The number of rotatable bonds is 3. The molecule has 0 aliphatic carbocycles. The van der Waals surface area contributed by atoms with Gasteiger partial charge in [0, 0.05) is 11.1 Å². The number of nitrogens with zero attached hydrogens (tertiary/aromatic N) is 2. The van der Waals surface area contributed by atoms with E-state index in [1.165, 1.54) is 18.2 Å². The van der Waals surface area contributed by atoms with Crippen LogP contribution in [0.4, 0.5) is 0 Å². The van der Waals surface area contributed by atoms with Crippen LogP contribution >= 0.6 is 0 Å². The van der Waals surface area contributed by atoms with Gasteiger partial charge in [-0.1, -0.05) is 12.1 Å². The van der Waals surface area contributed by atoms with Crippen molar-refractivity contribution in [3.63, 3.8) is 0 Å². The zero-order valence-corrected chi connectivity index (χ0v) is 11.9. The van der Waals surface area contributed by atoms with E-state index < -0.39 is 5.78 Å². The van der Waals surface area contributed by atoms with Crippen LogP contribution in [0.25, 0.3) is 6.08 Å². The number of ether oxygens (including phenoxy) is 2. The monoisotopic (exact) mass is 302 g/mol. The quantitative estimate of drug-likeness (QED) is 0.494. The van der Waals surface area contributed by atoms with Crippen molar-refractivity contribution in [3.8, 4) is 23.6 Å². The third-order valence-corrected chi connectivity index (χ3v) is 3.37. The van der Waals surface area contributed by atoms with Gasteiger partial charge in [-0.3, -0.25) is 4.79 Å². The molecule has 0 aromatic heterocycles. The molecule has 0 bridgehead atoms. The van der Waals surface area contributed by atoms with Crippen molar-refractivity contribution in [1.82, 2.24) is 0 Å². The molecule has 0 fully saturated rings. The van der Waals surface area contributed by atoms with Gasteiger partial charge >= 0.3 is 0 Å². The lowest BCUT2D eigenvalue weighted by Gasteiger charge is -2.03. The maximum absolute atomic E-state index is 12.4. The Hall–Kier alpha value is -3.57. The summed E-state index contributed by atoms with van der Waals surface area (Å²) in [4.78, 5) is 12.4. The first kappa shape index (κ1) is 14.4. The minimum absolute atomic E-state index is 0.0152. The highest BCUT2D eigenvalue weighted by molar-refractivity contribution is 6.14. The number of hydrogen-bond acceptors (Lipinski definition) is 5. The molecule has 5 heteroatoms. The Balaban J connectivity index is 1.96. The zero-order valence-electron chi connectivity index (χ0n) is 11.9. The van der Waals surface area contributed by atoms with Gasteiger partial charge in [-0.2, -0.15) is 10.5 Å². The van der Waals surface area contributed by atoms with Crippen molar-refractivity contribution in [1.29, 1.82) is 10.5 Å². The molecule has 110 valence electrons. The minimum atomic E-state index is -0.409. The largest absolute Gasteiger partial charge is 0.454 e. The van der Waals surface area contributed by atoms with Gasteiger partial charge in [0.05, 0.1) is 11.6 Å². The van der Waals surface area contributed by atoms with Crippen LogP contribution in [0.5, 0.6) is 11.5 Å². The van der Waals surface area contributed by atoms with Gasteiger partial charge in [0.15, 0.2) is 11.5 Å². The van der Waals surface area contributed by atoms with Crippen molar-refractivity contribution < 1.29 is 14.3 Å². The average Bonchev–Trinajstić information content (AvgIpc) is 3.08. The molecule has 0 spiro atoms. The number of carbonyl (C=O) groups excluding carboxylic acids is 1. The molecule has 3 rings (SSSR count). The van der Waals surface area contributed by atoms with E-state index in [4.69, 9.17) is 14.7 Å². The number of carbonyl (C=O) groups is 1. The maximum Gasteiger partial charge on any atom is 0.231 e. The second-order valence-electron chi connectivity index (χ2n) is 4.77. The SMILES string of the molecule is N#C/C(=C\c1cccc2c1OCO2)C(=O)c1ccc(C#N)cc1. The van der Waals surface area contributed by atoms with Crippen LogP contribution in [-0.2, 0) is 0 Å². The fourth-order valence-corrected chi connectivity index (χ4v) is 2.22. The highest BCUT2D eigenvalue weighted by atomic mass is 16.7. The normalized spacial score (nSPS) is 12.3. The molecule has 2 aromatic carbocycles. The molecule has 5 nitrogen and oxygen atoms in total. The minimum Gasteiger partial charge on any atom is -0.454 e. The number of ketones is 1. The molecule has 0 radical (unpaired) electrons. The Labute approximate surface area is 132 Å². The number of para-hydroxylation sites is 1. The van der Waals surface area contributed by atoms with Crippen molar-refractivity contribution in [2.45, 2.75) is 0 Å². The predicted octanol–water partition coefficient (Wildman–Crippen LogP) is 3.08. The zero-order chi connectivity index (χ0) is 16.2. The first-order valence-corrected chi connectivity index (χ1v) is 6.78. The van der Waals surface area contributed by atoms with Crippen LogP contribution in [-0.4, -0.2) is 12.6 Å².